The maximum Gasteiger partial charge on any atom is 0.344 e. The van der Waals surface area contributed by atoms with E-state index in [9.17, 15) is 22.8 Å². The van der Waals surface area contributed by atoms with Crippen molar-refractivity contribution in [2.45, 2.75) is 37.5 Å². The highest BCUT2D eigenvalue weighted by atomic mass is 32.2. The van der Waals surface area contributed by atoms with E-state index in [0.717, 1.165) is 30.0 Å². The Morgan fingerprint density at radius 2 is 1.53 bits per heavy atom. The number of esters is 1. The topological polar surface area (TPSA) is 122 Å². The first-order valence-corrected chi connectivity index (χ1v) is 13.1. The lowest BCUT2D eigenvalue weighted by molar-refractivity contribution is -0.153. The number of nitrogens with zero attached hydrogens (tertiary/aromatic N) is 2. The maximum atomic E-state index is 12.9. The summed E-state index contributed by atoms with van der Waals surface area (Å²) in [6.07, 6.45) is 4.12. The Kier molecular flexibility index (Phi) is 9.29. The Labute approximate surface area is 211 Å². The number of benzene rings is 2. The third-order valence-electron chi connectivity index (χ3n) is 5.71. The largest absolute Gasteiger partial charge is 0.482 e. The molecule has 1 aliphatic heterocycles. The SMILES string of the molecule is CC(=O)Nc1ccc(S(=O)(=O)N(C)c2ccc(OCC(=O)OCC(=O)N3CCCCCC3)cc2)cc1. The van der Waals surface area contributed by atoms with Crippen LogP contribution in [0.15, 0.2) is 53.4 Å². The van der Waals surface area contributed by atoms with Gasteiger partial charge >= 0.3 is 5.97 Å². The van der Waals surface area contributed by atoms with Crippen molar-refractivity contribution in [1.82, 2.24) is 4.90 Å². The van der Waals surface area contributed by atoms with Crippen molar-refractivity contribution in [3.05, 3.63) is 48.5 Å². The molecule has 0 aliphatic carbocycles. The number of anilines is 2. The predicted molar refractivity (Wildman–Crippen MR) is 134 cm³/mol. The van der Waals surface area contributed by atoms with Crippen molar-refractivity contribution in [2.24, 2.45) is 0 Å². The molecule has 3 rings (SSSR count). The number of hydrogen-bond donors (Lipinski definition) is 1. The number of sulfonamides is 1. The predicted octanol–water partition coefficient (Wildman–Crippen LogP) is 2.79. The molecule has 1 N–H and O–H groups in total. The van der Waals surface area contributed by atoms with Gasteiger partial charge in [-0.25, -0.2) is 13.2 Å². The van der Waals surface area contributed by atoms with Gasteiger partial charge in [-0.2, -0.15) is 0 Å². The number of ether oxygens (including phenoxy) is 2. The average Bonchev–Trinajstić information content (AvgIpc) is 3.15. The highest BCUT2D eigenvalue weighted by Crippen LogP contribution is 2.25. The van der Waals surface area contributed by atoms with E-state index in [0.29, 0.717) is 30.2 Å². The first kappa shape index (κ1) is 27.0. The Balaban J connectivity index is 1.50. The van der Waals surface area contributed by atoms with Gasteiger partial charge in [0, 0.05) is 32.7 Å². The number of carbonyl (C=O) groups is 3. The number of carbonyl (C=O) groups excluding carboxylic acids is 3. The monoisotopic (exact) mass is 517 g/mol. The molecule has 0 unspecified atom stereocenters. The zero-order chi connectivity index (χ0) is 26.1. The summed E-state index contributed by atoms with van der Waals surface area (Å²) in [6.45, 7) is 2.06. The molecule has 0 atom stereocenters. The van der Waals surface area contributed by atoms with Crippen LogP contribution in [0.1, 0.15) is 32.6 Å². The van der Waals surface area contributed by atoms with Gasteiger partial charge in [0.1, 0.15) is 5.75 Å². The second kappa shape index (κ2) is 12.4. The van der Waals surface area contributed by atoms with E-state index in [2.05, 4.69) is 5.32 Å². The molecule has 0 saturated carbocycles. The lowest BCUT2D eigenvalue weighted by Crippen LogP contribution is -2.35. The zero-order valence-electron chi connectivity index (χ0n) is 20.4. The van der Waals surface area contributed by atoms with Crippen molar-refractivity contribution in [2.75, 3.05) is 43.0 Å². The van der Waals surface area contributed by atoms with E-state index < -0.39 is 16.0 Å². The van der Waals surface area contributed by atoms with E-state index in [1.807, 2.05) is 0 Å². The Bertz CT molecular complexity index is 1160. The van der Waals surface area contributed by atoms with Crippen molar-refractivity contribution in [1.29, 1.82) is 0 Å². The summed E-state index contributed by atoms with van der Waals surface area (Å²) in [6, 6.07) is 12.0. The number of likely N-dealkylation sites (tertiary alicyclic amines) is 1. The summed E-state index contributed by atoms with van der Waals surface area (Å²) in [7, 11) is -2.41. The smallest absolute Gasteiger partial charge is 0.344 e. The first-order chi connectivity index (χ1) is 17.2. The summed E-state index contributed by atoms with van der Waals surface area (Å²) >= 11 is 0. The minimum absolute atomic E-state index is 0.0666. The number of rotatable bonds is 9. The first-order valence-electron chi connectivity index (χ1n) is 11.7. The summed E-state index contributed by atoms with van der Waals surface area (Å²) in [5.74, 6) is -0.770. The summed E-state index contributed by atoms with van der Waals surface area (Å²) < 4.78 is 37.5. The number of hydrogen-bond acceptors (Lipinski definition) is 7. The Hall–Kier alpha value is -3.60. The fraction of sp³-hybridized carbons (Fsp3) is 0.400. The van der Waals surface area contributed by atoms with Crippen LogP contribution in [0.5, 0.6) is 5.75 Å². The van der Waals surface area contributed by atoms with Crippen molar-refractivity contribution >= 4 is 39.2 Å². The minimum atomic E-state index is -3.83. The molecule has 10 nitrogen and oxygen atoms in total. The van der Waals surface area contributed by atoms with Crippen LogP contribution in [-0.2, 0) is 29.1 Å². The highest BCUT2D eigenvalue weighted by Gasteiger charge is 2.22. The van der Waals surface area contributed by atoms with Crippen LogP contribution in [0.2, 0.25) is 0 Å². The van der Waals surface area contributed by atoms with Crippen LogP contribution in [0.3, 0.4) is 0 Å². The molecule has 1 heterocycles. The van der Waals surface area contributed by atoms with E-state index in [1.54, 1.807) is 17.0 Å². The van der Waals surface area contributed by atoms with E-state index in [1.165, 1.54) is 50.4 Å². The number of nitrogens with one attached hydrogen (secondary N) is 1. The second-order valence-corrected chi connectivity index (χ2v) is 10.4. The van der Waals surface area contributed by atoms with Crippen LogP contribution < -0.4 is 14.4 Å². The van der Waals surface area contributed by atoms with Gasteiger partial charge in [-0.3, -0.25) is 13.9 Å². The quantitative estimate of drug-likeness (QED) is 0.508. The van der Waals surface area contributed by atoms with Crippen molar-refractivity contribution in [3.63, 3.8) is 0 Å². The van der Waals surface area contributed by atoms with Crippen molar-refractivity contribution in [3.8, 4) is 5.75 Å². The molecule has 0 spiro atoms. The van der Waals surface area contributed by atoms with Gasteiger partial charge in [0.05, 0.1) is 10.6 Å². The Morgan fingerprint density at radius 1 is 0.917 bits per heavy atom. The third-order valence-corrected chi connectivity index (χ3v) is 7.51. The van der Waals surface area contributed by atoms with Gasteiger partial charge in [0.2, 0.25) is 5.91 Å². The van der Waals surface area contributed by atoms with Gasteiger partial charge in [-0.05, 0) is 61.4 Å². The fourth-order valence-corrected chi connectivity index (χ4v) is 4.90. The normalized spacial score (nSPS) is 13.9. The van der Waals surface area contributed by atoms with Gasteiger partial charge < -0.3 is 19.7 Å². The van der Waals surface area contributed by atoms with E-state index >= 15 is 0 Å². The summed E-state index contributed by atoms with van der Waals surface area (Å²) in [5, 5.41) is 2.59. The van der Waals surface area contributed by atoms with Crippen LogP contribution in [-0.4, -0.2) is 64.5 Å². The lowest BCUT2D eigenvalue weighted by atomic mass is 10.2. The fourth-order valence-electron chi connectivity index (χ4n) is 3.70. The van der Waals surface area contributed by atoms with Gasteiger partial charge in [-0.1, -0.05) is 12.8 Å². The van der Waals surface area contributed by atoms with E-state index in [4.69, 9.17) is 9.47 Å². The van der Waals surface area contributed by atoms with Crippen molar-refractivity contribution < 1.29 is 32.3 Å². The van der Waals surface area contributed by atoms with Crippen LogP contribution in [0.4, 0.5) is 11.4 Å². The van der Waals surface area contributed by atoms with Gasteiger partial charge in [0.25, 0.3) is 15.9 Å². The average molecular weight is 518 g/mol. The molecule has 1 saturated heterocycles. The number of amides is 2. The van der Waals surface area contributed by atoms with Gasteiger partial charge in [-0.15, -0.1) is 0 Å². The molecule has 1 fully saturated rings. The molecule has 2 aromatic carbocycles. The lowest BCUT2D eigenvalue weighted by Gasteiger charge is -2.20. The van der Waals surface area contributed by atoms with Gasteiger partial charge in [0.15, 0.2) is 13.2 Å². The van der Waals surface area contributed by atoms with E-state index in [-0.39, 0.29) is 29.9 Å². The second-order valence-electron chi connectivity index (χ2n) is 8.42. The molecular weight excluding hydrogens is 486 g/mol. The molecular formula is C25H31N3O7S. The third kappa shape index (κ3) is 7.45. The highest BCUT2D eigenvalue weighted by molar-refractivity contribution is 7.92. The molecule has 0 bridgehead atoms. The molecule has 11 heteroatoms. The summed E-state index contributed by atoms with van der Waals surface area (Å²) in [4.78, 5) is 37.1. The van der Waals surface area contributed by atoms with Crippen LogP contribution >= 0.6 is 0 Å². The summed E-state index contributed by atoms with van der Waals surface area (Å²) in [5.41, 5.74) is 0.884. The molecule has 36 heavy (non-hydrogen) atoms. The molecule has 0 radical (unpaired) electrons. The molecule has 2 amide bonds. The maximum absolute atomic E-state index is 12.9. The minimum Gasteiger partial charge on any atom is -0.482 e. The Morgan fingerprint density at radius 3 is 2.11 bits per heavy atom. The zero-order valence-corrected chi connectivity index (χ0v) is 21.3. The molecule has 2 aromatic rings. The molecule has 0 aromatic heterocycles. The molecule has 1 aliphatic rings. The molecule has 194 valence electrons. The van der Waals surface area contributed by atoms with Crippen LogP contribution in [0.25, 0.3) is 0 Å². The van der Waals surface area contributed by atoms with Crippen LogP contribution in [0, 0.1) is 0 Å². The standard InChI is InChI=1S/C25H31N3O7S/c1-19(29)26-20-7-13-23(14-8-20)36(32,33)27(2)21-9-11-22(12-10-21)34-18-25(31)35-17-24(30)28-15-5-3-4-6-16-28/h7-14H,3-6,15-18H2,1-2H3,(H,26,29).